The van der Waals surface area contributed by atoms with E-state index in [1.54, 1.807) is 0 Å². The fourth-order valence-corrected chi connectivity index (χ4v) is 3.90. The van der Waals surface area contributed by atoms with Crippen LogP contribution in [-0.2, 0) is 0 Å². The summed E-state index contributed by atoms with van der Waals surface area (Å²) in [6.07, 6.45) is 0. The van der Waals surface area contributed by atoms with Gasteiger partial charge in [-0.15, -0.1) is 0 Å². The van der Waals surface area contributed by atoms with Crippen molar-refractivity contribution in [2.45, 2.75) is 36.9 Å². The second-order valence-corrected chi connectivity index (χ2v) is 19.6. The normalized spacial score (nSPS) is 12.4. The fourth-order valence-electron chi connectivity index (χ4n) is 1.28. The van der Waals surface area contributed by atoms with Gasteiger partial charge in [0, 0.05) is 0 Å². The molecule has 0 saturated carbocycles. The van der Waals surface area contributed by atoms with Crippen molar-refractivity contribution in [2.75, 3.05) is 0 Å². The zero-order chi connectivity index (χ0) is 12.4. The van der Waals surface area contributed by atoms with Gasteiger partial charge in [-0.3, -0.25) is 0 Å². The van der Waals surface area contributed by atoms with Gasteiger partial charge in [-0.1, -0.05) is 0 Å². The Kier molecular flexibility index (Phi) is 4.12. The summed E-state index contributed by atoms with van der Waals surface area (Å²) in [6, 6.07) is 8.01. The summed E-state index contributed by atoms with van der Waals surface area (Å²) >= 11 is -1.96. The van der Waals surface area contributed by atoms with Crippen LogP contribution in [0.25, 0.3) is 0 Å². The molecule has 0 aliphatic rings. The summed E-state index contributed by atoms with van der Waals surface area (Å²) in [7, 11) is -1.49. The van der Waals surface area contributed by atoms with Gasteiger partial charge in [0.15, 0.2) is 0 Å². The SMILES string of the molecule is C[Si](C)(C)Oc1ccc([O][Ge]([CH3])([CH3])[CH3])cc1. The van der Waals surface area contributed by atoms with E-state index in [1.165, 1.54) is 0 Å². The Morgan fingerprint density at radius 3 is 1.69 bits per heavy atom. The van der Waals surface area contributed by atoms with Gasteiger partial charge in [0.05, 0.1) is 0 Å². The molecule has 1 aromatic carbocycles. The average molecular weight is 299 g/mol. The first-order valence-corrected chi connectivity index (χ1v) is 16.2. The Hall–Kier alpha value is -0.420. The van der Waals surface area contributed by atoms with E-state index < -0.39 is 21.9 Å². The Bertz CT molecular complexity index is 301. The first kappa shape index (κ1) is 13.6. The molecule has 0 aromatic heterocycles. The van der Waals surface area contributed by atoms with Crippen LogP contribution in [0, 0.1) is 0 Å². The number of hydrogen-bond donors (Lipinski definition) is 0. The maximum atomic E-state index is 5.93. The minimum absolute atomic E-state index is 0.952. The van der Waals surface area contributed by atoms with Crippen LogP contribution in [-0.4, -0.2) is 21.9 Å². The van der Waals surface area contributed by atoms with Gasteiger partial charge in [0.2, 0.25) is 0 Å². The van der Waals surface area contributed by atoms with Crippen molar-refractivity contribution in [3.05, 3.63) is 24.3 Å². The van der Waals surface area contributed by atoms with E-state index in [0.29, 0.717) is 0 Å². The zero-order valence-corrected chi connectivity index (χ0v) is 14.2. The molecule has 0 radical (unpaired) electrons. The number of hydrogen-bond acceptors (Lipinski definition) is 2. The Balaban J connectivity index is 2.69. The van der Waals surface area contributed by atoms with Gasteiger partial charge in [0.1, 0.15) is 0 Å². The van der Waals surface area contributed by atoms with Gasteiger partial charge in [0.25, 0.3) is 0 Å². The van der Waals surface area contributed by atoms with Crippen LogP contribution in [0.5, 0.6) is 11.5 Å². The topological polar surface area (TPSA) is 18.5 Å². The van der Waals surface area contributed by atoms with Crippen LogP contribution >= 0.6 is 0 Å². The van der Waals surface area contributed by atoms with E-state index >= 15 is 0 Å². The molecular formula is C12H22GeO2Si. The van der Waals surface area contributed by atoms with Gasteiger partial charge < -0.3 is 0 Å². The molecule has 0 aliphatic heterocycles. The van der Waals surface area contributed by atoms with E-state index in [9.17, 15) is 0 Å². The molecule has 1 aromatic rings. The summed E-state index contributed by atoms with van der Waals surface area (Å²) in [5, 5.41) is 0. The van der Waals surface area contributed by atoms with Crippen molar-refractivity contribution in [1.29, 1.82) is 0 Å². The molecule has 0 bridgehead atoms. The second-order valence-electron chi connectivity index (χ2n) is 5.90. The maximum absolute atomic E-state index is 5.93. The van der Waals surface area contributed by atoms with Crippen molar-refractivity contribution in [3.8, 4) is 11.5 Å². The molecule has 0 N–H and O–H groups in total. The molecule has 90 valence electrons. The van der Waals surface area contributed by atoms with Crippen molar-refractivity contribution in [3.63, 3.8) is 0 Å². The molecule has 16 heavy (non-hydrogen) atoms. The van der Waals surface area contributed by atoms with Crippen molar-refractivity contribution in [1.82, 2.24) is 0 Å². The Labute approximate surface area is 103 Å². The third-order valence-corrected chi connectivity index (χ3v) is 4.30. The van der Waals surface area contributed by atoms with E-state index in [2.05, 4.69) is 36.9 Å². The van der Waals surface area contributed by atoms with Gasteiger partial charge in [-0.05, 0) is 0 Å². The van der Waals surface area contributed by atoms with Crippen molar-refractivity contribution in [2.24, 2.45) is 0 Å². The Morgan fingerprint density at radius 1 is 0.875 bits per heavy atom. The van der Waals surface area contributed by atoms with Crippen LogP contribution in [0.15, 0.2) is 24.3 Å². The van der Waals surface area contributed by atoms with Crippen molar-refractivity contribution >= 4 is 21.9 Å². The summed E-state index contributed by atoms with van der Waals surface area (Å²) in [5.41, 5.74) is 0. The molecule has 4 heteroatoms. The molecule has 0 heterocycles. The van der Waals surface area contributed by atoms with Gasteiger partial charge >= 0.3 is 103 Å². The monoisotopic (exact) mass is 300 g/mol. The summed E-state index contributed by atoms with van der Waals surface area (Å²) in [5.74, 6) is 8.61. The number of benzene rings is 1. The van der Waals surface area contributed by atoms with Crippen LogP contribution < -0.4 is 8.19 Å². The predicted molar refractivity (Wildman–Crippen MR) is 74.4 cm³/mol. The van der Waals surface area contributed by atoms with E-state index in [1.807, 2.05) is 24.3 Å². The molecule has 0 unspecified atom stereocenters. The molecule has 0 saturated heterocycles. The van der Waals surface area contributed by atoms with Gasteiger partial charge in [-0.2, -0.15) is 0 Å². The average Bonchev–Trinajstić information content (AvgIpc) is 2.03. The summed E-state index contributed by atoms with van der Waals surface area (Å²) in [4.78, 5) is 0. The molecule has 0 fully saturated rings. The van der Waals surface area contributed by atoms with Crippen LogP contribution in [0.3, 0.4) is 0 Å². The van der Waals surface area contributed by atoms with Crippen LogP contribution in [0.1, 0.15) is 0 Å². The minimum atomic E-state index is -1.96. The van der Waals surface area contributed by atoms with Crippen LogP contribution in [0.2, 0.25) is 36.9 Å². The standard InChI is InChI=1S/C12H22GeO2Si/c1-13(2,3)14-11-7-9-12(10-8-11)15-16(4,5)6/h7-10H,1-6H3. The zero-order valence-electron chi connectivity index (χ0n) is 11.1. The third-order valence-electron chi connectivity index (χ3n) is 1.67. The molecule has 2 nitrogen and oxygen atoms in total. The fraction of sp³-hybridized carbons (Fsp3) is 0.500. The quantitative estimate of drug-likeness (QED) is 0.779. The molecule has 0 atom stereocenters. The molecule has 0 spiro atoms. The van der Waals surface area contributed by atoms with E-state index in [-0.39, 0.29) is 0 Å². The predicted octanol–water partition coefficient (Wildman–Crippen LogP) is 4.11. The first-order chi connectivity index (χ1) is 7.16. The summed E-state index contributed by atoms with van der Waals surface area (Å²) < 4.78 is 11.8. The third kappa shape index (κ3) is 5.61. The molecule has 0 amide bonds. The molecular weight excluding hydrogens is 277 g/mol. The van der Waals surface area contributed by atoms with Gasteiger partial charge in [-0.25, -0.2) is 0 Å². The second kappa shape index (κ2) is 4.84. The van der Waals surface area contributed by atoms with Crippen LogP contribution in [0.4, 0.5) is 0 Å². The number of rotatable bonds is 4. The van der Waals surface area contributed by atoms with E-state index in [0.717, 1.165) is 11.5 Å². The molecule has 0 aliphatic carbocycles. The first-order valence-electron chi connectivity index (χ1n) is 5.64. The summed E-state index contributed by atoms with van der Waals surface area (Å²) in [6.45, 7) is 6.55. The van der Waals surface area contributed by atoms with E-state index in [4.69, 9.17) is 8.19 Å². The molecule has 1 rings (SSSR count). The Morgan fingerprint density at radius 2 is 1.31 bits per heavy atom. The van der Waals surface area contributed by atoms with Crippen molar-refractivity contribution < 1.29 is 8.19 Å².